The summed E-state index contributed by atoms with van der Waals surface area (Å²) in [6.45, 7) is 0.459. The number of fused-ring (bicyclic) bond motifs is 1. The zero-order valence-electron chi connectivity index (χ0n) is 13.2. The van der Waals surface area contributed by atoms with Crippen molar-refractivity contribution in [2.75, 3.05) is 13.2 Å². The van der Waals surface area contributed by atoms with Gasteiger partial charge in [0.05, 0.1) is 0 Å². The van der Waals surface area contributed by atoms with Gasteiger partial charge < -0.3 is 10.1 Å². The van der Waals surface area contributed by atoms with Gasteiger partial charge in [-0.25, -0.2) is 4.39 Å². The van der Waals surface area contributed by atoms with Crippen LogP contribution in [0.3, 0.4) is 0 Å². The summed E-state index contributed by atoms with van der Waals surface area (Å²) in [5.41, 5.74) is 0.978. The van der Waals surface area contributed by atoms with Gasteiger partial charge in [0.1, 0.15) is 11.6 Å². The molecule has 3 aromatic carbocycles. The lowest BCUT2D eigenvalue weighted by Crippen LogP contribution is -2.30. The van der Waals surface area contributed by atoms with Crippen LogP contribution in [0, 0.1) is 5.82 Å². The number of amides is 1. The van der Waals surface area contributed by atoms with Crippen LogP contribution in [-0.4, -0.2) is 19.1 Å². The number of hydrogen-bond acceptors (Lipinski definition) is 2. The van der Waals surface area contributed by atoms with Gasteiger partial charge in [0.25, 0.3) is 5.91 Å². The van der Waals surface area contributed by atoms with E-state index in [0.717, 1.165) is 16.3 Å². The predicted molar refractivity (Wildman–Crippen MR) is 92.6 cm³/mol. The van der Waals surface area contributed by atoms with Gasteiger partial charge in [-0.15, -0.1) is 0 Å². The molecular formula is C20H18FNO2. The minimum absolute atomic E-state index is 0.0303. The normalized spacial score (nSPS) is 10.5. The fourth-order valence-corrected chi connectivity index (χ4v) is 2.51. The van der Waals surface area contributed by atoms with Crippen molar-refractivity contribution in [3.8, 4) is 5.75 Å². The maximum Gasteiger partial charge on any atom is 0.257 e. The number of rotatable bonds is 6. The van der Waals surface area contributed by atoms with Gasteiger partial charge in [0.2, 0.25) is 0 Å². The molecule has 0 unspecified atom stereocenters. The van der Waals surface area contributed by atoms with Crippen molar-refractivity contribution in [2.24, 2.45) is 0 Å². The molecule has 24 heavy (non-hydrogen) atoms. The van der Waals surface area contributed by atoms with Crippen LogP contribution in [-0.2, 0) is 11.2 Å². The average molecular weight is 323 g/mol. The number of nitrogens with one attached hydrogen (secondary N) is 1. The second-order valence-electron chi connectivity index (χ2n) is 5.49. The first-order chi connectivity index (χ1) is 11.7. The van der Waals surface area contributed by atoms with Crippen LogP contribution in [0.25, 0.3) is 10.8 Å². The minimum Gasteiger partial charge on any atom is -0.483 e. The molecule has 0 aliphatic rings. The van der Waals surface area contributed by atoms with Gasteiger partial charge in [0, 0.05) is 11.9 Å². The average Bonchev–Trinajstić information content (AvgIpc) is 2.61. The van der Waals surface area contributed by atoms with Crippen LogP contribution in [0.1, 0.15) is 5.56 Å². The van der Waals surface area contributed by atoms with Gasteiger partial charge in [-0.1, -0.05) is 48.5 Å². The smallest absolute Gasteiger partial charge is 0.257 e. The maximum absolute atomic E-state index is 12.8. The molecule has 0 spiro atoms. The molecule has 1 amide bonds. The first kappa shape index (κ1) is 16.0. The third kappa shape index (κ3) is 4.10. The Balaban J connectivity index is 1.49. The lowest BCUT2D eigenvalue weighted by atomic mass is 10.1. The first-order valence-corrected chi connectivity index (χ1v) is 7.84. The molecule has 0 radical (unpaired) electrons. The van der Waals surface area contributed by atoms with Crippen LogP contribution < -0.4 is 10.1 Å². The van der Waals surface area contributed by atoms with E-state index in [-0.39, 0.29) is 18.3 Å². The Morgan fingerprint density at radius 3 is 2.54 bits per heavy atom. The number of halogens is 1. The van der Waals surface area contributed by atoms with E-state index in [9.17, 15) is 9.18 Å². The number of ether oxygens (including phenoxy) is 1. The molecule has 0 saturated carbocycles. The third-order valence-corrected chi connectivity index (χ3v) is 3.76. The summed E-state index contributed by atoms with van der Waals surface area (Å²) in [7, 11) is 0. The molecule has 0 aromatic heterocycles. The van der Waals surface area contributed by atoms with Gasteiger partial charge in [-0.2, -0.15) is 0 Å². The first-order valence-electron chi connectivity index (χ1n) is 7.84. The van der Waals surface area contributed by atoms with Crippen LogP contribution in [0.2, 0.25) is 0 Å². The molecule has 0 fully saturated rings. The van der Waals surface area contributed by atoms with Gasteiger partial charge >= 0.3 is 0 Å². The molecular weight excluding hydrogens is 305 g/mol. The fourth-order valence-electron chi connectivity index (χ4n) is 2.51. The van der Waals surface area contributed by atoms with Gasteiger partial charge in [-0.3, -0.25) is 4.79 Å². The third-order valence-electron chi connectivity index (χ3n) is 3.76. The summed E-state index contributed by atoms with van der Waals surface area (Å²) >= 11 is 0. The second kappa shape index (κ2) is 7.59. The molecule has 0 aliphatic heterocycles. The summed E-state index contributed by atoms with van der Waals surface area (Å²) in [5, 5.41) is 4.87. The molecule has 122 valence electrons. The number of benzene rings is 3. The highest BCUT2D eigenvalue weighted by Gasteiger charge is 2.05. The highest BCUT2D eigenvalue weighted by molar-refractivity contribution is 5.88. The van der Waals surface area contributed by atoms with Crippen molar-refractivity contribution in [3.63, 3.8) is 0 Å². The van der Waals surface area contributed by atoms with E-state index in [1.807, 2.05) is 42.5 Å². The van der Waals surface area contributed by atoms with Crippen LogP contribution >= 0.6 is 0 Å². The monoisotopic (exact) mass is 323 g/mol. The molecule has 0 heterocycles. The Labute approximate surface area is 140 Å². The van der Waals surface area contributed by atoms with Gasteiger partial charge in [-0.05, 0) is 35.6 Å². The molecule has 0 bridgehead atoms. The molecule has 0 aliphatic carbocycles. The van der Waals surface area contributed by atoms with Gasteiger partial charge in [0.15, 0.2) is 6.61 Å². The van der Waals surface area contributed by atoms with Crippen molar-refractivity contribution in [2.45, 2.75) is 6.42 Å². The number of carbonyl (C=O) groups is 1. The second-order valence-corrected chi connectivity index (χ2v) is 5.49. The Hall–Kier alpha value is -2.88. The Morgan fingerprint density at radius 2 is 1.71 bits per heavy atom. The summed E-state index contributed by atoms with van der Waals surface area (Å²) in [5.74, 6) is 0.262. The zero-order valence-corrected chi connectivity index (χ0v) is 13.2. The van der Waals surface area contributed by atoms with E-state index in [4.69, 9.17) is 4.74 Å². The quantitative estimate of drug-likeness (QED) is 0.751. The highest BCUT2D eigenvalue weighted by atomic mass is 19.1. The zero-order chi connectivity index (χ0) is 16.8. The standard InChI is InChI=1S/C20H18FNO2/c21-17-10-8-15(9-11-17)12-13-22-20(23)14-24-19-7-3-5-16-4-1-2-6-18(16)19/h1-11H,12-14H2,(H,22,23). The van der Waals surface area contributed by atoms with Crippen molar-refractivity contribution >= 4 is 16.7 Å². The summed E-state index contributed by atoms with van der Waals surface area (Å²) in [4.78, 5) is 11.9. The molecule has 0 saturated heterocycles. The van der Waals surface area contributed by atoms with E-state index in [0.29, 0.717) is 18.7 Å². The Morgan fingerprint density at radius 1 is 0.958 bits per heavy atom. The maximum atomic E-state index is 12.8. The molecule has 3 nitrogen and oxygen atoms in total. The molecule has 4 heteroatoms. The summed E-state index contributed by atoms with van der Waals surface area (Å²) in [6.07, 6.45) is 0.653. The summed E-state index contributed by atoms with van der Waals surface area (Å²) < 4.78 is 18.5. The Kier molecular flexibility index (Phi) is 5.06. The lowest BCUT2D eigenvalue weighted by molar-refractivity contribution is -0.123. The van der Waals surface area contributed by atoms with Crippen LogP contribution in [0.4, 0.5) is 4.39 Å². The van der Waals surface area contributed by atoms with E-state index >= 15 is 0 Å². The topological polar surface area (TPSA) is 38.3 Å². The molecule has 0 atom stereocenters. The SMILES string of the molecule is O=C(COc1cccc2ccccc12)NCCc1ccc(F)cc1. The molecule has 3 rings (SSSR count). The van der Waals surface area contributed by atoms with E-state index < -0.39 is 0 Å². The van der Waals surface area contributed by atoms with Crippen molar-refractivity contribution in [3.05, 3.63) is 78.1 Å². The number of carbonyl (C=O) groups excluding carboxylic acids is 1. The van der Waals surface area contributed by atoms with Crippen molar-refractivity contribution in [1.82, 2.24) is 5.32 Å². The number of hydrogen-bond donors (Lipinski definition) is 1. The predicted octanol–water partition coefficient (Wildman–Crippen LogP) is 3.72. The minimum atomic E-state index is -0.258. The van der Waals surface area contributed by atoms with Crippen LogP contribution in [0.15, 0.2) is 66.7 Å². The lowest BCUT2D eigenvalue weighted by Gasteiger charge is -2.10. The van der Waals surface area contributed by atoms with E-state index in [1.54, 1.807) is 12.1 Å². The van der Waals surface area contributed by atoms with E-state index in [1.165, 1.54) is 12.1 Å². The highest BCUT2D eigenvalue weighted by Crippen LogP contribution is 2.24. The molecule has 1 N–H and O–H groups in total. The molecule has 3 aromatic rings. The largest absolute Gasteiger partial charge is 0.483 e. The van der Waals surface area contributed by atoms with Crippen LogP contribution in [0.5, 0.6) is 5.75 Å². The fraction of sp³-hybridized carbons (Fsp3) is 0.150. The summed E-state index contributed by atoms with van der Waals surface area (Å²) in [6, 6.07) is 19.9. The van der Waals surface area contributed by atoms with E-state index in [2.05, 4.69) is 5.32 Å². The van der Waals surface area contributed by atoms with Crippen molar-refractivity contribution < 1.29 is 13.9 Å². The Bertz CT molecular complexity index is 825. The van der Waals surface area contributed by atoms with Crippen molar-refractivity contribution in [1.29, 1.82) is 0 Å².